The zero-order valence-electron chi connectivity index (χ0n) is 14.6. The highest BCUT2D eigenvalue weighted by Gasteiger charge is 2.42. The number of fused-ring (bicyclic) bond motifs is 1. The van der Waals surface area contributed by atoms with Crippen molar-refractivity contribution < 1.29 is 28.0 Å². The molecule has 1 heterocycles. The normalized spacial score (nSPS) is 12.6. The lowest BCUT2D eigenvalue weighted by atomic mass is 10.0. The second-order valence-electron chi connectivity index (χ2n) is 6.16. The quantitative estimate of drug-likeness (QED) is 0.471. The molecule has 3 aromatic rings. The summed E-state index contributed by atoms with van der Waals surface area (Å²) in [4.78, 5) is 23.9. The van der Waals surface area contributed by atoms with Crippen LogP contribution in [-0.4, -0.2) is 27.8 Å². The van der Waals surface area contributed by atoms with Crippen LogP contribution in [0.25, 0.3) is 10.9 Å². The summed E-state index contributed by atoms with van der Waals surface area (Å²) in [6, 6.07) is 10.7. The van der Waals surface area contributed by atoms with E-state index in [9.17, 15) is 22.8 Å². The lowest BCUT2D eigenvalue weighted by Gasteiger charge is -2.22. The second kappa shape index (κ2) is 7.35. The molecule has 0 saturated carbocycles. The molecule has 0 aliphatic carbocycles. The Morgan fingerprint density at radius 1 is 1.04 bits per heavy atom. The molecular weight excluding hydrogens is 375 g/mol. The van der Waals surface area contributed by atoms with Gasteiger partial charge in [-0.25, -0.2) is 5.48 Å². The fraction of sp³-hybridized carbons (Fsp3) is 0.158. The molecule has 1 aromatic heterocycles. The third kappa shape index (κ3) is 3.70. The van der Waals surface area contributed by atoms with Crippen molar-refractivity contribution in [1.82, 2.24) is 15.4 Å². The van der Waals surface area contributed by atoms with Gasteiger partial charge in [0.15, 0.2) is 6.04 Å². The Bertz CT molecular complexity index is 1030. The van der Waals surface area contributed by atoms with E-state index in [0.717, 1.165) is 35.2 Å². The minimum atomic E-state index is -4.75. The molecule has 0 unspecified atom stereocenters. The van der Waals surface area contributed by atoms with Crippen LogP contribution in [0.1, 0.15) is 32.5 Å². The Labute approximate surface area is 157 Å². The van der Waals surface area contributed by atoms with Crippen LogP contribution >= 0.6 is 0 Å². The van der Waals surface area contributed by atoms with Gasteiger partial charge in [0.1, 0.15) is 5.69 Å². The number of amides is 2. The monoisotopic (exact) mass is 391 g/mol. The molecule has 28 heavy (non-hydrogen) atoms. The van der Waals surface area contributed by atoms with Gasteiger partial charge in [-0.1, -0.05) is 30.3 Å². The largest absolute Gasteiger partial charge is 0.412 e. The number of alkyl halides is 3. The van der Waals surface area contributed by atoms with E-state index in [1.807, 2.05) is 5.32 Å². The third-order valence-electron chi connectivity index (χ3n) is 4.39. The van der Waals surface area contributed by atoms with Gasteiger partial charge in [0.25, 0.3) is 11.8 Å². The van der Waals surface area contributed by atoms with Gasteiger partial charge in [-0.3, -0.25) is 14.8 Å². The second-order valence-corrected chi connectivity index (χ2v) is 6.16. The lowest BCUT2D eigenvalue weighted by molar-refractivity contribution is -0.155. The SMILES string of the molecule is Cn1c(C(=O)N[C@H](c2ccc(C(=O)NO)cc2)C(F)(F)F)cc2ccccc21. The minimum absolute atomic E-state index is 0.0211. The average molecular weight is 391 g/mol. The summed E-state index contributed by atoms with van der Waals surface area (Å²) >= 11 is 0. The molecule has 1 atom stereocenters. The summed E-state index contributed by atoms with van der Waals surface area (Å²) in [5, 5.41) is 11.3. The van der Waals surface area contributed by atoms with Crippen LogP contribution in [0.15, 0.2) is 54.6 Å². The van der Waals surface area contributed by atoms with Gasteiger partial charge in [-0.05, 0) is 29.8 Å². The summed E-state index contributed by atoms with van der Waals surface area (Å²) in [5.41, 5.74) is 1.94. The summed E-state index contributed by atoms with van der Waals surface area (Å²) in [6.07, 6.45) is -4.75. The predicted octanol–water partition coefficient (Wildman–Crippen LogP) is 3.33. The number of aromatic nitrogens is 1. The van der Waals surface area contributed by atoms with Gasteiger partial charge in [-0.2, -0.15) is 13.2 Å². The standard InChI is InChI=1S/C19H16F3N3O3/c1-25-14-5-3-2-4-13(14)10-15(25)18(27)23-16(19(20,21)22)11-6-8-12(9-7-11)17(26)24-28/h2-10,16,28H,1H3,(H,23,27)(H,24,26)/t16-/m1/s1. The van der Waals surface area contributed by atoms with E-state index in [1.54, 1.807) is 31.3 Å². The number of hydrogen-bond donors (Lipinski definition) is 3. The molecule has 0 aliphatic rings. The van der Waals surface area contributed by atoms with E-state index in [2.05, 4.69) is 0 Å². The van der Waals surface area contributed by atoms with Crippen LogP contribution in [0, 0.1) is 0 Å². The number of nitrogens with zero attached hydrogens (tertiary/aromatic N) is 1. The topological polar surface area (TPSA) is 83.4 Å². The van der Waals surface area contributed by atoms with Crippen LogP contribution in [0.5, 0.6) is 0 Å². The molecule has 0 radical (unpaired) electrons. The maximum Gasteiger partial charge on any atom is 0.412 e. The van der Waals surface area contributed by atoms with Gasteiger partial charge in [0.2, 0.25) is 0 Å². The maximum atomic E-state index is 13.6. The fourth-order valence-corrected chi connectivity index (χ4v) is 2.96. The number of carbonyl (C=O) groups is 2. The highest BCUT2D eigenvalue weighted by Crippen LogP contribution is 2.33. The molecule has 146 valence electrons. The number of hydrogen-bond acceptors (Lipinski definition) is 3. The fourth-order valence-electron chi connectivity index (χ4n) is 2.96. The van der Waals surface area contributed by atoms with Crippen molar-refractivity contribution in [3.8, 4) is 0 Å². The number of benzene rings is 2. The van der Waals surface area contributed by atoms with Crippen molar-refractivity contribution >= 4 is 22.7 Å². The van der Waals surface area contributed by atoms with E-state index >= 15 is 0 Å². The van der Waals surface area contributed by atoms with E-state index in [-0.39, 0.29) is 16.8 Å². The number of aryl methyl sites for hydroxylation is 1. The molecule has 3 N–H and O–H groups in total. The summed E-state index contributed by atoms with van der Waals surface area (Å²) < 4.78 is 42.2. The summed E-state index contributed by atoms with van der Waals surface area (Å²) in [5.74, 6) is -1.73. The molecule has 9 heteroatoms. The summed E-state index contributed by atoms with van der Waals surface area (Å²) in [7, 11) is 1.60. The average Bonchev–Trinajstić information content (AvgIpc) is 3.01. The zero-order valence-corrected chi connectivity index (χ0v) is 14.6. The van der Waals surface area contributed by atoms with Crippen LogP contribution in [-0.2, 0) is 7.05 Å². The number of nitrogens with one attached hydrogen (secondary N) is 2. The van der Waals surface area contributed by atoms with Crippen LogP contribution < -0.4 is 10.8 Å². The summed E-state index contributed by atoms with van der Waals surface area (Å²) in [6.45, 7) is 0. The minimum Gasteiger partial charge on any atom is -0.340 e. The Hall–Kier alpha value is -3.33. The first-order valence-corrected chi connectivity index (χ1v) is 8.19. The highest BCUT2D eigenvalue weighted by atomic mass is 19.4. The van der Waals surface area contributed by atoms with E-state index < -0.39 is 24.0 Å². The Kier molecular flexibility index (Phi) is 5.10. The van der Waals surface area contributed by atoms with E-state index in [4.69, 9.17) is 5.21 Å². The van der Waals surface area contributed by atoms with Gasteiger partial charge in [0.05, 0.1) is 0 Å². The van der Waals surface area contributed by atoms with Crippen molar-refractivity contribution in [2.45, 2.75) is 12.2 Å². The van der Waals surface area contributed by atoms with Gasteiger partial charge >= 0.3 is 6.18 Å². The van der Waals surface area contributed by atoms with E-state index in [0.29, 0.717) is 0 Å². The number of para-hydroxylation sites is 1. The first kappa shape index (κ1) is 19.4. The molecule has 6 nitrogen and oxygen atoms in total. The van der Waals surface area contributed by atoms with E-state index in [1.165, 1.54) is 16.1 Å². The molecule has 3 rings (SSSR count). The first-order chi connectivity index (χ1) is 13.2. The molecule has 0 bridgehead atoms. The zero-order chi connectivity index (χ0) is 20.5. The van der Waals surface area contributed by atoms with Gasteiger partial charge in [-0.15, -0.1) is 0 Å². The smallest absolute Gasteiger partial charge is 0.340 e. The van der Waals surface area contributed by atoms with Crippen molar-refractivity contribution in [2.75, 3.05) is 0 Å². The number of hydroxylamine groups is 1. The van der Waals surface area contributed by atoms with Crippen LogP contribution in [0.2, 0.25) is 0 Å². The first-order valence-electron chi connectivity index (χ1n) is 8.19. The number of carbonyl (C=O) groups excluding carboxylic acids is 2. The van der Waals surface area contributed by atoms with Crippen molar-refractivity contribution in [1.29, 1.82) is 0 Å². The van der Waals surface area contributed by atoms with Crippen LogP contribution in [0.3, 0.4) is 0 Å². The van der Waals surface area contributed by atoms with Crippen molar-refractivity contribution in [3.05, 3.63) is 71.4 Å². The number of halogens is 3. The van der Waals surface area contributed by atoms with Crippen molar-refractivity contribution in [2.24, 2.45) is 7.05 Å². The van der Waals surface area contributed by atoms with Gasteiger partial charge in [0, 0.05) is 23.5 Å². The lowest BCUT2D eigenvalue weighted by Crippen LogP contribution is -2.38. The molecule has 0 saturated heterocycles. The molecular formula is C19H16F3N3O3. The molecule has 0 aliphatic heterocycles. The molecule has 2 aromatic carbocycles. The Morgan fingerprint density at radius 3 is 2.25 bits per heavy atom. The van der Waals surface area contributed by atoms with Gasteiger partial charge < -0.3 is 9.88 Å². The highest BCUT2D eigenvalue weighted by molar-refractivity contribution is 5.99. The Balaban J connectivity index is 1.91. The van der Waals surface area contributed by atoms with Crippen LogP contribution in [0.4, 0.5) is 13.2 Å². The predicted molar refractivity (Wildman–Crippen MR) is 94.9 cm³/mol. The number of rotatable bonds is 4. The Morgan fingerprint density at radius 2 is 1.68 bits per heavy atom. The van der Waals surface area contributed by atoms with Crippen molar-refractivity contribution in [3.63, 3.8) is 0 Å². The molecule has 2 amide bonds. The maximum absolute atomic E-state index is 13.6. The third-order valence-corrected chi connectivity index (χ3v) is 4.39. The molecule has 0 fully saturated rings. The molecule has 0 spiro atoms.